The van der Waals surface area contributed by atoms with Crippen molar-refractivity contribution in [2.45, 2.75) is 52.7 Å². The third-order valence-corrected chi connectivity index (χ3v) is 6.36. The minimum Gasteiger partial charge on any atom is -0.481 e. The summed E-state index contributed by atoms with van der Waals surface area (Å²) in [7, 11) is 0. The molecule has 2 atom stereocenters. The molecule has 0 aliphatic carbocycles. The second-order valence-electron chi connectivity index (χ2n) is 9.34. The van der Waals surface area contributed by atoms with Crippen molar-refractivity contribution in [1.82, 2.24) is 0 Å². The summed E-state index contributed by atoms with van der Waals surface area (Å²) in [6.07, 6.45) is -0.240. The van der Waals surface area contributed by atoms with Crippen LogP contribution in [0.25, 0.3) is 10.8 Å². The fourth-order valence-electron chi connectivity index (χ4n) is 4.16. The molecule has 6 heteroatoms. The molecule has 0 unspecified atom stereocenters. The number of amides is 2. The van der Waals surface area contributed by atoms with Crippen LogP contribution in [0.5, 0.6) is 11.5 Å². The van der Waals surface area contributed by atoms with E-state index in [1.807, 2.05) is 113 Å². The van der Waals surface area contributed by atoms with Gasteiger partial charge in [0, 0.05) is 22.1 Å². The molecule has 2 amide bonds. The van der Waals surface area contributed by atoms with E-state index in [0.717, 1.165) is 21.9 Å². The van der Waals surface area contributed by atoms with Crippen LogP contribution in [-0.2, 0) is 9.59 Å². The topological polar surface area (TPSA) is 76.7 Å². The summed E-state index contributed by atoms with van der Waals surface area (Å²) in [5.41, 5.74) is 3.55. The highest BCUT2D eigenvalue weighted by Gasteiger charge is 2.21. The van der Waals surface area contributed by atoms with Crippen LogP contribution in [0.1, 0.15) is 37.8 Å². The van der Waals surface area contributed by atoms with Crippen LogP contribution in [0, 0.1) is 13.8 Å². The van der Waals surface area contributed by atoms with Gasteiger partial charge >= 0.3 is 0 Å². The molecule has 6 nitrogen and oxygen atoms in total. The molecule has 4 aromatic carbocycles. The molecule has 4 aromatic rings. The monoisotopic (exact) mass is 510 g/mol. The van der Waals surface area contributed by atoms with E-state index in [1.165, 1.54) is 0 Å². The number of hydrogen-bond acceptors (Lipinski definition) is 4. The fraction of sp³-hybridized carbons (Fsp3) is 0.250. The minimum atomic E-state index is -0.639. The number of carbonyl (C=O) groups is 2. The Morgan fingerprint density at radius 1 is 0.605 bits per heavy atom. The van der Waals surface area contributed by atoms with Gasteiger partial charge in [0.25, 0.3) is 11.8 Å². The van der Waals surface area contributed by atoms with Crippen LogP contribution < -0.4 is 20.1 Å². The highest BCUT2D eigenvalue weighted by Crippen LogP contribution is 2.30. The number of benzene rings is 4. The second kappa shape index (κ2) is 12.3. The Hall–Kier alpha value is -4.32. The number of anilines is 2. The van der Waals surface area contributed by atoms with Crippen molar-refractivity contribution in [2.75, 3.05) is 10.6 Å². The molecule has 196 valence electrons. The lowest BCUT2D eigenvalue weighted by molar-refractivity contribution is -0.123. The van der Waals surface area contributed by atoms with Gasteiger partial charge in [-0.25, -0.2) is 0 Å². The van der Waals surface area contributed by atoms with Gasteiger partial charge in [0.2, 0.25) is 0 Å². The van der Waals surface area contributed by atoms with Crippen LogP contribution in [0.15, 0.2) is 84.9 Å². The number of fused-ring (bicyclic) bond motifs is 1. The number of rotatable bonds is 10. The Morgan fingerprint density at radius 2 is 0.974 bits per heavy atom. The molecule has 4 rings (SSSR count). The maximum Gasteiger partial charge on any atom is 0.265 e. The molecular weight excluding hydrogens is 476 g/mol. The van der Waals surface area contributed by atoms with Crippen molar-refractivity contribution in [3.8, 4) is 11.5 Å². The summed E-state index contributed by atoms with van der Waals surface area (Å²) in [6, 6.07) is 26.5. The molecule has 0 radical (unpaired) electrons. The molecule has 2 N–H and O–H groups in total. The molecule has 0 spiro atoms. The fourth-order valence-corrected chi connectivity index (χ4v) is 4.16. The predicted molar refractivity (Wildman–Crippen MR) is 153 cm³/mol. The molecule has 0 aromatic heterocycles. The van der Waals surface area contributed by atoms with Crippen LogP contribution in [0.4, 0.5) is 11.4 Å². The molecule has 0 fully saturated rings. The van der Waals surface area contributed by atoms with Crippen LogP contribution >= 0.6 is 0 Å². The summed E-state index contributed by atoms with van der Waals surface area (Å²) in [6.45, 7) is 7.84. The number of aryl methyl sites for hydroxylation is 2. The lowest BCUT2D eigenvalue weighted by Gasteiger charge is -2.20. The average Bonchev–Trinajstić information content (AvgIpc) is 2.92. The quantitative estimate of drug-likeness (QED) is 0.240. The first kappa shape index (κ1) is 26.7. The van der Waals surface area contributed by atoms with Gasteiger partial charge in [-0.2, -0.15) is 0 Å². The van der Waals surface area contributed by atoms with E-state index in [-0.39, 0.29) is 11.8 Å². The lowest BCUT2D eigenvalue weighted by Crippen LogP contribution is -2.32. The van der Waals surface area contributed by atoms with Crippen molar-refractivity contribution in [1.29, 1.82) is 0 Å². The highest BCUT2D eigenvalue weighted by molar-refractivity contribution is 6.10. The van der Waals surface area contributed by atoms with Crippen molar-refractivity contribution in [2.24, 2.45) is 0 Å². The Labute approximate surface area is 224 Å². The summed E-state index contributed by atoms with van der Waals surface area (Å²) >= 11 is 0. The van der Waals surface area contributed by atoms with Crippen molar-refractivity contribution in [3.05, 3.63) is 96.1 Å². The van der Waals surface area contributed by atoms with E-state index in [4.69, 9.17) is 9.47 Å². The SMILES string of the molecule is CC[C@@H](Oc1ccc(C)cc1)C(=O)Nc1cccc2c(NC(=O)[C@@H](CC)Oc3ccc(C)cc3)cccc12. The zero-order valence-electron chi connectivity index (χ0n) is 22.3. The molecule has 0 aliphatic heterocycles. The predicted octanol–water partition coefficient (Wildman–Crippen LogP) is 7.05. The number of ether oxygens (including phenoxy) is 2. The Bertz CT molecular complexity index is 1290. The maximum absolute atomic E-state index is 13.1. The van der Waals surface area contributed by atoms with Crippen LogP contribution in [-0.4, -0.2) is 24.0 Å². The van der Waals surface area contributed by atoms with Gasteiger partial charge in [-0.05, 0) is 63.1 Å². The number of nitrogens with one attached hydrogen (secondary N) is 2. The largest absolute Gasteiger partial charge is 0.481 e. The maximum atomic E-state index is 13.1. The van der Waals surface area contributed by atoms with E-state index in [9.17, 15) is 9.59 Å². The number of hydrogen-bond donors (Lipinski definition) is 2. The minimum absolute atomic E-state index is 0.229. The number of carbonyl (C=O) groups excluding carboxylic acids is 2. The first-order valence-electron chi connectivity index (χ1n) is 13.0. The lowest BCUT2D eigenvalue weighted by atomic mass is 10.1. The summed E-state index contributed by atoms with van der Waals surface area (Å²) in [4.78, 5) is 26.2. The third-order valence-electron chi connectivity index (χ3n) is 6.36. The molecule has 0 heterocycles. The van der Waals surface area contributed by atoms with E-state index in [0.29, 0.717) is 35.7 Å². The van der Waals surface area contributed by atoms with Crippen LogP contribution in [0.3, 0.4) is 0 Å². The van der Waals surface area contributed by atoms with Crippen molar-refractivity contribution in [3.63, 3.8) is 0 Å². The van der Waals surface area contributed by atoms with E-state index in [2.05, 4.69) is 10.6 Å². The Kier molecular flexibility index (Phi) is 8.64. The van der Waals surface area contributed by atoms with Gasteiger partial charge in [0.05, 0.1) is 0 Å². The first-order valence-corrected chi connectivity index (χ1v) is 13.0. The summed E-state index contributed by atoms with van der Waals surface area (Å²) < 4.78 is 11.9. The first-order chi connectivity index (χ1) is 18.4. The van der Waals surface area contributed by atoms with Gasteiger partial charge in [-0.1, -0.05) is 73.5 Å². The third kappa shape index (κ3) is 6.51. The molecular formula is C32H34N2O4. The molecule has 0 saturated carbocycles. The zero-order chi connectivity index (χ0) is 27.1. The zero-order valence-corrected chi connectivity index (χ0v) is 22.3. The van der Waals surface area contributed by atoms with Gasteiger partial charge in [-0.3, -0.25) is 9.59 Å². The molecule has 0 saturated heterocycles. The Balaban J connectivity index is 1.50. The standard InChI is InChI=1S/C32H34N2O4/c1-5-29(37-23-17-13-21(3)14-18-23)31(35)33-27-11-7-10-26-25(27)9-8-12-28(26)34-32(36)30(6-2)38-24-19-15-22(4)16-20-24/h7-20,29-30H,5-6H2,1-4H3,(H,33,35)(H,34,36)/t29-,30-/m1/s1. The highest BCUT2D eigenvalue weighted by atomic mass is 16.5. The van der Waals surface area contributed by atoms with Gasteiger partial charge < -0.3 is 20.1 Å². The molecule has 38 heavy (non-hydrogen) atoms. The normalized spacial score (nSPS) is 12.4. The Morgan fingerprint density at radius 3 is 1.32 bits per heavy atom. The van der Waals surface area contributed by atoms with E-state index < -0.39 is 12.2 Å². The van der Waals surface area contributed by atoms with Gasteiger partial charge in [-0.15, -0.1) is 0 Å². The van der Waals surface area contributed by atoms with E-state index >= 15 is 0 Å². The van der Waals surface area contributed by atoms with Gasteiger partial charge in [0.1, 0.15) is 11.5 Å². The van der Waals surface area contributed by atoms with Crippen molar-refractivity contribution < 1.29 is 19.1 Å². The summed E-state index contributed by atoms with van der Waals surface area (Å²) in [5, 5.41) is 7.67. The molecule has 0 bridgehead atoms. The van der Waals surface area contributed by atoms with Gasteiger partial charge in [0.15, 0.2) is 12.2 Å². The van der Waals surface area contributed by atoms with E-state index in [1.54, 1.807) is 0 Å². The second-order valence-corrected chi connectivity index (χ2v) is 9.34. The molecule has 0 aliphatic rings. The smallest absolute Gasteiger partial charge is 0.265 e. The van der Waals surface area contributed by atoms with Crippen LogP contribution in [0.2, 0.25) is 0 Å². The van der Waals surface area contributed by atoms with Crippen molar-refractivity contribution >= 4 is 34.0 Å². The average molecular weight is 511 g/mol. The summed E-state index contributed by atoms with van der Waals surface area (Å²) in [5.74, 6) is 0.845.